The van der Waals surface area contributed by atoms with Gasteiger partial charge in [0.05, 0.1) is 18.4 Å². The lowest BCUT2D eigenvalue weighted by molar-refractivity contribution is 0.0595. The highest BCUT2D eigenvalue weighted by Crippen LogP contribution is 2.26. The Balaban J connectivity index is 3.41. The standard InChI is InChI=1S/C13H6BrFN4O2/c1-21-13(20)9-2-8(14)3-10(12(9)15)19-11(6-18)7(4-16)5-17/h2-3,19H,1H3. The maximum Gasteiger partial charge on any atom is 0.340 e. The van der Waals surface area contributed by atoms with Gasteiger partial charge in [0, 0.05) is 4.47 Å². The smallest absolute Gasteiger partial charge is 0.340 e. The van der Waals surface area contributed by atoms with E-state index >= 15 is 0 Å². The molecule has 0 fully saturated rings. The lowest BCUT2D eigenvalue weighted by Crippen LogP contribution is -2.09. The molecule has 0 aromatic heterocycles. The van der Waals surface area contributed by atoms with Crippen LogP contribution in [0.15, 0.2) is 27.9 Å². The topological polar surface area (TPSA) is 110 Å². The first-order valence-corrected chi connectivity index (χ1v) is 6.06. The fourth-order valence-corrected chi connectivity index (χ4v) is 1.81. The number of carbonyl (C=O) groups is 1. The van der Waals surface area contributed by atoms with Crippen molar-refractivity contribution in [2.75, 3.05) is 12.4 Å². The van der Waals surface area contributed by atoms with Crippen LogP contribution < -0.4 is 5.32 Å². The van der Waals surface area contributed by atoms with Crippen LogP contribution in [-0.2, 0) is 4.74 Å². The number of esters is 1. The Hall–Kier alpha value is -2.89. The summed E-state index contributed by atoms with van der Waals surface area (Å²) >= 11 is 3.08. The highest BCUT2D eigenvalue weighted by Gasteiger charge is 2.18. The summed E-state index contributed by atoms with van der Waals surface area (Å²) < 4.78 is 19.0. The van der Waals surface area contributed by atoms with Crippen molar-refractivity contribution in [3.05, 3.63) is 39.3 Å². The predicted molar refractivity (Wildman–Crippen MR) is 72.9 cm³/mol. The quantitative estimate of drug-likeness (QED) is 0.663. The number of ether oxygens (including phenoxy) is 1. The van der Waals surface area contributed by atoms with Gasteiger partial charge < -0.3 is 10.1 Å². The molecule has 0 atom stereocenters. The minimum absolute atomic E-state index is 0.246. The van der Waals surface area contributed by atoms with Gasteiger partial charge in [-0.05, 0) is 12.1 Å². The molecule has 6 nitrogen and oxygen atoms in total. The summed E-state index contributed by atoms with van der Waals surface area (Å²) in [5, 5.41) is 28.6. The molecular formula is C13H6BrFN4O2. The molecule has 0 radical (unpaired) electrons. The van der Waals surface area contributed by atoms with Crippen LogP contribution in [0.5, 0.6) is 0 Å². The number of nitriles is 3. The molecule has 0 unspecified atom stereocenters. The number of benzene rings is 1. The van der Waals surface area contributed by atoms with Crippen molar-refractivity contribution in [3.8, 4) is 18.2 Å². The average Bonchev–Trinajstić information content (AvgIpc) is 2.49. The van der Waals surface area contributed by atoms with Crippen LogP contribution in [0, 0.1) is 39.8 Å². The summed E-state index contributed by atoms with van der Waals surface area (Å²) in [6.07, 6.45) is 0. The molecule has 0 heterocycles. The maximum absolute atomic E-state index is 14.2. The van der Waals surface area contributed by atoms with Crippen LogP contribution in [0.25, 0.3) is 0 Å². The van der Waals surface area contributed by atoms with Crippen LogP contribution in [0.2, 0.25) is 0 Å². The van der Waals surface area contributed by atoms with E-state index in [9.17, 15) is 9.18 Å². The van der Waals surface area contributed by atoms with Crippen LogP contribution >= 0.6 is 15.9 Å². The number of allylic oxidation sites excluding steroid dienone is 2. The van der Waals surface area contributed by atoms with Crippen LogP contribution in [0.1, 0.15) is 10.4 Å². The van der Waals surface area contributed by atoms with Crippen molar-refractivity contribution in [3.63, 3.8) is 0 Å². The van der Waals surface area contributed by atoms with E-state index in [0.717, 1.165) is 7.11 Å². The van der Waals surface area contributed by atoms with E-state index < -0.39 is 23.1 Å². The Labute approximate surface area is 127 Å². The van der Waals surface area contributed by atoms with Crippen LogP contribution in [0.3, 0.4) is 0 Å². The SMILES string of the molecule is COC(=O)c1cc(Br)cc(NC(C#N)=C(C#N)C#N)c1F. The summed E-state index contributed by atoms with van der Waals surface area (Å²) in [4.78, 5) is 11.4. The minimum Gasteiger partial charge on any atom is -0.465 e. The van der Waals surface area contributed by atoms with Gasteiger partial charge in [-0.1, -0.05) is 15.9 Å². The third-order valence-electron chi connectivity index (χ3n) is 2.29. The van der Waals surface area contributed by atoms with Crippen molar-refractivity contribution in [2.45, 2.75) is 0 Å². The van der Waals surface area contributed by atoms with Gasteiger partial charge in [0.15, 0.2) is 11.4 Å². The number of rotatable bonds is 3. The van der Waals surface area contributed by atoms with E-state index in [1.165, 1.54) is 24.3 Å². The molecule has 104 valence electrons. The molecule has 0 aliphatic rings. The lowest BCUT2D eigenvalue weighted by Gasteiger charge is -2.10. The molecule has 0 amide bonds. The Morgan fingerprint density at radius 3 is 2.38 bits per heavy atom. The van der Waals surface area contributed by atoms with Gasteiger partial charge in [-0.2, -0.15) is 15.8 Å². The van der Waals surface area contributed by atoms with E-state index in [-0.39, 0.29) is 11.3 Å². The maximum atomic E-state index is 14.2. The molecular weight excluding hydrogens is 343 g/mol. The van der Waals surface area contributed by atoms with Gasteiger partial charge in [0.2, 0.25) is 0 Å². The number of carbonyl (C=O) groups excluding carboxylic acids is 1. The molecule has 0 aliphatic carbocycles. The zero-order valence-corrected chi connectivity index (χ0v) is 12.2. The summed E-state index contributed by atoms with van der Waals surface area (Å²) in [5.41, 5.74) is -1.53. The Morgan fingerprint density at radius 1 is 1.29 bits per heavy atom. The predicted octanol–water partition coefficient (Wildman–Crippen LogP) is 2.61. The van der Waals surface area contributed by atoms with E-state index in [1.54, 1.807) is 6.07 Å². The van der Waals surface area contributed by atoms with Gasteiger partial charge in [-0.15, -0.1) is 0 Å². The fraction of sp³-hybridized carbons (Fsp3) is 0.0769. The van der Waals surface area contributed by atoms with Gasteiger partial charge in [-0.25, -0.2) is 9.18 Å². The van der Waals surface area contributed by atoms with Gasteiger partial charge in [0.1, 0.15) is 23.9 Å². The average molecular weight is 349 g/mol. The Kier molecular flexibility index (Phi) is 5.42. The second-order valence-corrected chi connectivity index (χ2v) is 4.43. The molecule has 1 rings (SSSR count). The molecule has 8 heteroatoms. The first-order chi connectivity index (χ1) is 9.98. The number of methoxy groups -OCH3 is 1. The first-order valence-electron chi connectivity index (χ1n) is 5.27. The number of nitrogens with one attached hydrogen (secondary N) is 1. The zero-order valence-electron chi connectivity index (χ0n) is 10.6. The fourth-order valence-electron chi connectivity index (χ4n) is 1.36. The van der Waals surface area contributed by atoms with Crippen LogP contribution in [-0.4, -0.2) is 13.1 Å². The third-order valence-corrected chi connectivity index (χ3v) is 2.75. The number of anilines is 1. The van der Waals surface area contributed by atoms with E-state index in [2.05, 4.69) is 26.0 Å². The summed E-state index contributed by atoms with van der Waals surface area (Å²) in [6, 6.07) is 7.08. The molecule has 1 N–H and O–H groups in total. The monoisotopic (exact) mass is 348 g/mol. The Morgan fingerprint density at radius 2 is 1.90 bits per heavy atom. The van der Waals surface area contributed by atoms with E-state index in [0.29, 0.717) is 4.47 Å². The third kappa shape index (κ3) is 3.56. The minimum atomic E-state index is -0.965. The molecule has 0 aliphatic heterocycles. The summed E-state index contributed by atoms with van der Waals surface area (Å²) in [6.45, 7) is 0. The first kappa shape index (κ1) is 16.2. The largest absolute Gasteiger partial charge is 0.465 e. The molecule has 1 aromatic carbocycles. The second kappa shape index (κ2) is 7.04. The molecule has 0 spiro atoms. The number of hydrogen-bond acceptors (Lipinski definition) is 6. The highest BCUT2D eigenvalue weighted by atomic mass is 79.9. The molecule has 0 bridgehead atoms. The van der Waals surface area contributed by atoms with Gasteiger partial charge in [-0.3, -0.25) is 0 Å². The normalized spacial score (nSPS) is 8.76. The van der Waals surface area contributed by atoms with Crippen molar-refractivity contribution < 1.29 is 13.9 Å². The van der Waals surface area contributed by atoms with Crippen molar-refractivity contribution in [1.29, 1.82) is 15.8 Å². The van der Waals surface area contributed by atoms with Crippen molar-refractivity contribution in [2.24, 2.45) is 0 Å². The van der Waals surface area contributed by atoms with Crippen LogP contribution in [0.4, 0.5) is 10.1 Å². The summed E-state index contributed by atoms with van der Waals surface area (Å²) in [5.74, 6) is -1.87. The van der Waals surface area contributed by atoms with E-state index in [4.69, 9.17) is 15.8 Å². The zero-order chi connectivity index (χ0) is 16.0. The Bertz CT molecular complexity index is 737. The highest BCUT2D eigenvalue weighted by molar-refractivity contribution is 9.10. The molecule has 1 aromatic rings. The number of nitrogens with zero attached hydrogens (tertiary/aromatic N) is 3. The number of hydrogen-bond donors (Lipinski definition) is 1. The summed E-state index contributed by atoms with van der Waals surface area (Å²) in [7, 11) is 1.10. The lowest BCUT2D eigenvalue weighted by atomic mass is 10.1. The van der Waals surface area contributed by atoms with Gasteiger partial charge in [0.25, 0.3) is 0 Å². The molecule has 21 heavy (non-hydrogen) atoms. The van der Waals surface area contributed by atoms with Crippen molar-refractivity contribution >= 4 is 27.6 Å². The number of halogens is 2. The second-order valence-electron chi connectivity index (χ2n) is 3.52. The van der Waals surface area contributed by atoms with Gasteiger partial charge >= 0.3 is 5.97 Å². The van der Waals surface area contributed by atoms with E-state index in [1.807, 2.05) is 0 Å². The molecule has 0 saturated carbocycles. The molecule has 0 saturated heterocycles. The van der Waals surface area contributed by atoms with Crippen molar-refractivity contribution in [1.82, 2.24) is 0 Å².